The minimum Gasteiger partial charge on any atom is -0.478 e. The fourth-order valence-electron chi connectivity index (χ4n) is 3.82. The molecule has 294 valence electrons. The Bertz CT molecular complexity index is 854. The Kier molecular flexibility index (Phi) is 38.0. The van der Waals surface area contributed by atoms with Gasteiger partial charge in [0.15, 0.2) is 0 Å². The maximum absolute atomic E-state index is 9.96. The van der Waals surface area contributed by atoms with Gasteiger partial charge >= 0.3 is 5.97 Å². The number of hydrogen-bond acceptors (Lipinski definition) is 12. The first-order valence-corrected chi connectivity index (χ1v) is 17.8. The highest BCUT2D eigenvalue weighted by atomic mass is 16.6. The molecule has 1 aromatic carbocycles. The van der Waals surface area contributed by atoms with Gasteiger partial charge in [-0.15, -0.1) is 0 Å². The largest absolute Gasteiger partial charge is 0.478 e. The molecule has 0 aliphatic heterocycles. The molecule has 1 aromatic rings. The number of hydrogen-bond donors (Lipinski definition) is 5. The molecule has 0 aromatic heterocycles. The number of aliphatic carboxylic acids is 1. The topological polar surface area (TPSA) is 183 Å². The second kappa shape index (κ2) is 38.1. The molecule has 0 amide bonds. The molecule has 4 atom stereocenters. The Labute approximate surface area is 300 Å². The van der Waals surface area contributed by atoms with E-state index in [1.165, 1.54) is 50.5 Å². The molecule has 0 heterocycles. The third kappa shape index (κ3) is 38.6. The SMILES string of the molecule is C=CC(=O)O.CC(O)COC(C)COC(C)CO.CCCCCCCCCc1ccc(OC(O)COCCOCCOCCOCCO)cc1. The summed E-state index contributed by atoms with van der Waals surface area (Å²) in [6.45, 7) is 14.4. The molecule has 0 aliphatic rings. The summed E-state index contributed by atoms with van der Waals surface area (Å²) in [5.41, 5.74) is 1.30. The van der Waals surface area contributed by atoms with Gasteiger partial charge in [0.2, 0.25) is 6.29 Å². The molecule has 0 bridgehead atoms. The van der Waals surface area contributed by atoms with Crippen LogP contribution in [0.3, 0.4) is 0 Å². The Morgan fingerprint density at radius 3 is 1.72 bits per heavy atom. The van der Waals surface area contributed by atoms with Crippen LogP contribution in [-0.2, 0) is 39.6 Å². The lowest BCUT2D eigenvalue weighted by Crippen LogP contribution is -2.24. The number of ether oxygens (including phenoxy) is 7. The van der Waals surface area contributed by atoms with Gasteiger partial charge in [-0.2, -0.15) is 0 Å². The van der Waals surface area contributed by atoms with Gasteiger partial charge in [-0.3, -0.25) is 0 Å². The Hall–Kier alpha value is -2.17. The van der Waals surface area contributed by atoms with Gasteiger partial charge < -0.3 is 58.7 Å². The minimum atomic E-state index is -1.01. The highest BCUT2D eigenvalue weighted by Crippen LogP contribution is 2.16. The van der Waals surface area contributed by atoms with Gasteiger partial charge in [0.25, 0.3) is 0 Å². The third-order valence-electron chi connectivity index (χ3n) is 6.55. The van der Waals surface area contributed by atoms with Crippen molar-refractivity contribution in [2.45, 2.75) is 104 Å². The maximum Gasteiger partial charge on any atom is 0.327 e. The molecule has 0 aliphatic carbocycles. The van der Waals surface area contributed by atoms with E-state index in [-0.39, 0.29) is 32.0 Å². The van der Waals surface area contributed by atoms with E-state index in [1.54, 1.807) is 13.8 Å². The predicted molar refractivity (Wildman–Crippen MR) is 193 cm³/mol. The summed E-state index contributed by atoms with van der Waals surface area (Å²) in [4.78, 5) is 9.25. The summed E-state index contributed by atoms with van der Waals surface area (Å²) >= 11 is 0. The summed E-state index contributed by atoms with van der Waals surface area (Å²) in [5, 5.41) is 43.7. The van der Waals surface area contributed by atoms with Crippen molar-refractivity contribution in [2.24, 2.45) is 0 Å². The Morgan fingerprint density at radius 2 is 1.22 bits per heavy atom. The summed E-state index contributed by atoms with van der Waals surface area (Å²) < 4.78 is 37.1. The molecule has 13 heteroatoms. The lowest BCUT2D eigenvalue weighted by Gasteiger charge is -2.16. The molecular weight excluding hydrogens is 652 g/mol. The zero-order valence-electron chi connectivity index (χ0n) is 31.0. The first kappa shape index (κ1) is 49.9. The zero-order chi connectivity index (χ0) is 37.7. The lowest BCUT2D eigenvalue weighted by molar-refractivity contribution is -0.131. The molecule has 1 rings (SSSR count). The normalized spacial score (nSPS) is 13.2. The van der Waals surface area contributed by atoms with E-state index < -0.39 is 18.4 Å². The van der Waals surface area contributed by atoms with Gasteiger partial charge in [0.1, 0.15) is 12.4 Å². The van der Waals surface area contributed by atoms with E-state index in [0.29, 0.717) is 65.2 Å². The van der Waals surface area contributed by atoms with E-state index in [2.05, 4.69) is 25.6 Å². The van der Waals surface area contributed by atoms with Gasteiger partial charge in [-0.25, -0.2) is 4.79 Å². The van der Waals surface area contributed by atoms with E-state index >= 15 is 0 Å². The van der Waals surface area contributed by atoms with E-state index in [4.69, 9.17) is 53.6 Å². The molecule has 5 N–H and O–H groups in total. The second-order valence-electron chi connectivity index (χ2n) is 11.6. The molecule has 0 saturated carbocycles. The fourth-order valence-corrected chi connectivity index (χ4v) is 3.82. The molecular formula is C37H68O13. The quantitative estimate of drug-likeness (QED) is 0.0419. The molecule has 50 heavy (non-hydrogen) atoms. The molecule has 0 spiro atoms. The van der Waals surface area contributed by atoms with Crippen molar-refractivity contribution in [3.63, 3.8) is 0 Å². The van der Waals surface area contributed by atoms with Gasteiger partial charge in [-0.1, -0.05) is 64.2 Å². The Balaban J connectivity index is 0. The Morgan fingerprint density at radius 1 is 0.720 bits per heavy atom. The zero-order valence-corrected chi connectivity index (χ0v) is 31.0. The van der Waals surface area contributed by atoms with Crippen LogP contribution < -0.4 is 4.74 Å². The average molecular weight is 721 g/mol. The highest BCUT2D eigenvalue weighted by Gasteiger charge is 2.08. The van der Waals surface area contributed by atoms with Gasteiger partial charge in [-0.05, 0) is 51.3 Å². The van der Waals surface area contributed by atoms with Crippen LogP contribution in [0.5, 0.6) is 5.75 Å². The summed E-state index contributed by atoms with van der Waals surface area (Å²) in [6.07, 6.45) is 9.45. The van der Waals surface area contributed by atoms with Crippen LogP contribution in [0.4, 0.5) is 0 Å². The van der Waals surface area contributed by atoms with Crippen molar-refractivity contribution in [2.75, 3.05) is 79.3 Å². The van der Waals surface area contributed by atoms with Gasteiger partial charge in [0.05, 0.1) is 91.0 Å². The van der Waals surface area contributed by atoms with Crippen LogP contribution >= 0.6 is 0 Å². The lowest BCUT2D eigenvalue weighted by atomic mass is 10.0. The van der Waals surface area contributed by atoms with Crippen molar-refractivity contribution in [3.05, 3.63) is 42.5 Å². The van der Waals surface area contributed by atoms with Crippen LogP contribution in [-0.4, -0.2) is 135 Å². The molecule has 0 saturated heterocycles. The van der Waals surface area contributed by atoms with Crippen LogP contribution in [0.25, 0.3) is 0 Å². The number of aliphatic hydroxyl groups is 4. The number of rotatable bonds is 31. The number of aliphatic hydroxyl groups excluding tert-OH is 4. The number of carboxylic acid groups (broad SMARTS) is 1. The first-order valence-electron chi connectivity index (χ1n) is 17.8. The first-order chi connectivity index (χ1) is 24.1. The molecule has 0 radical (unpaired) electrons. The monoisotopic (exact) mass is 720 g/mol. The minimum absolute atomic E-state index is 0.0170. The van der Waals surface area contributed by atoms with Crippen molar-refractivity contribution < 1.29 is 63.5 Å². The standard InChI is InChI=1S/C25H44O7.C9H20O4.C3H4O2/c1-2-3-4-5-6-7-8-9-23-10-12-24(13-11-23)32-25(27)22-31-21-20-30-19-18-29-17-16-28-15-14-26;1-7(11)5-12-9(3)6-13-8(2)4-10;1-2-3(4)5/h10-13,25-27H,2-9,14-22H2,1H3;7-11H,4-6H2,1-3H3;2H,1H2,(H,4,5). The number of benzene rings is 1. The maximum atomic E-state index is 9.96. The number of carboxylic acids is 1. The summed E-state index contributed by atoms with van der Waals surface area (Å²) in [5.74, 6) is -0.342. The average Bonchev–Trinajstić information content (AvgIpc) is 3.10. The van der Waals surface area contributed by atoms with E-state index in [9.17, 15) is 9.90 Å². The number of carbonyl (C=O) groups is 1. The number of aryl methyl sites for hydroxylation is 1. The van der Waals surface area contributed by atoms with Crippen molar-refractivity contribution in [3.8, 4) is 5.75 Å². The van der Waals surface area contributed by atoms with Crippen LogP contribution in [0, 0.1) is 0 Å². The predicted octanol–water partition coefficient (Wildman–Crippen LogP) is 4.16. The van der Waals surface area contributed by atoms with E-state index in [1.807, 2.05) is 19.1 Å². The van der Waals surface area contributed by atoms with Crippen molar-refractivity contribution in [1.29, 1.82) is 0 Å². The van der Waals surface area contributed by atoms with Crippen LogP contribution in [0.15, 0.2) is 36.9 Å². The molecule has 4 unspecified atom stereocenters. The molecule has 13 nitrogen and oxygen atoms in total. The fraction of sp³-hybridized carbons (Fsp3) is 0.757. The van der Waals surface area contributed by atoms with E-state index in [0.717, 1.165) is 12.5 Å². The molecule has 0 fully saturated rings. The van der Waals surface area contributed by atoms with Crippen LogP contribution in [0.2, 0.25) is 0 Å². The number of unbranched alkanes of at least 4 members (excludes halogenated alkanes) is 6. The second-order valence-corrected chi connectivity index (χ2v) is 11.6. The highest BCUT2D eigenvalue weighted by molar-refractivity contribution is 5.78. The van der Waals surface area contributed by atoms with Crippen LogP contribution in [0.1, 0.15) is 78.2 Å². The smallest absolute Gasteiger partial charge is 0.327 e. The van der Waals surface area contributed by atoms with Gasteiger partial charge in [0, 0.05) is 6.08 Å². The van der Waals surface area contributed by atoms with Crippen molar-refractivity contribution >= 4 is 5.97 Å². The van der Waals surface area contributed by atoms with Crippen molar-refractivity contribution in [1.82, 2.24) is 0 Å². The summed E-state index contributed by atoms with van der Waals surface area (Å²) in [6, 6.07) is 7.93. The third-order valence-corrected chi connectivity index (χ3v) is 6.55. The summed E-state index contributed by atoms with van der Waals surface area (Å²) in [7, 11) is 0.